The molecule has 0 radical (unpaired) electrons. The highest BCUT2D eigenvalue weighted by Crippen LogP contribution is 2.29. The van der Waals surface area contributed by atoms with Crippen molar-refractivity contribution in [1.82, 2.24) is 0 Å². The summed E-state index contributed by atoms with van der Waals surface area (Å²) >= 11 is 0. The van der Waals surface area contributed by atoms with Gasteiger partial charge in [0.05, 0.1) is 11.4 Å². The zero-order valence-electron chi connectivity index (χ0n) is 11.0. The molecule has 0 spiro atoms. The highest BCUT2D eigenvalue weighted by molar-refractivity contribution is 6.02. The van der Waals surface area contributed by atoms with Crippen molar-refractivity contribution in [1.29, 1.82) is 0 Å². The lowest BCUT2D eigenvalue weighted by molar-refractivity contribution is -0.120. The van der Waals surface area contributed by atoms with Crippen LogP contribution in [0.3, 0.4) is 0 Å². The second-order valence-electron chi connectivity index (χ2n) is 4.35. The van der Waals surface area contributed by atoms with Crippen LogP contribution in [-0.2, 0) is 14.3 Å². The van der Waals surface area contributed by atoms with Gasteiger partial charge in [-0.05, 0) is 25.5 Å². The van der Waals surface area contributed by atoms with Crippen LogP contribution >= 0.6 is 0 Å². The molecule has 0 saturated carbocycles. The molecule has 2 rings (SSSR count). The van der Waals surface area contributed by atoms with Crippen molar-refractivity contribution in [3.8, 4) is 0 Å². The van der Waals surface area contributed by atoms with E-state index in [9.17, 15) is 9.59 Å². The second-order valence-corrected chi connectivity index (χ2v) is 4.35. The van der Waals surface area contributed by atoms with E-state index in [0.29, 0.717) is 25.3 Å². The first-order valence-electron chi connectivity index (χ1n) is 6.49. The van der Waals surface area contributed by atoms with Gasteiger partial charge in [0.15, 0.2) is 0 Å². The smallest absolute Gasteiger partial charge is 0.250 e. The van der Waals surface area contributed by atoms with Crippen LogP contribution in [0.4, 0.5) is 11.4 Å². The lowest BCUT2D eigenvalue weighted by atomic mass is 10.2. The number of para-hydroxylation sites is 2. The number of nitrogens with one attached hydrogen (secondary N) is 1. The Bertz CT molecular complexity index is 474. The van der Waals surface area contributed by atoms with Gasteiger partial charge >= 0.3 is 0 Å². The van der Waals surface area contributed by atoms with Crippen LogP contribution in [0.2, 0.25) is 0 Å². The van der Waals surface area contributed by atoms with Crippen LogP contribution < -0.4 is 10.2 Å². The van der Waals surface area contributed by atoms with Gasteiger partial charge in [0.1, 0.15) is 6.61 Å². The Morgan fingerprint density at radius 2 is 2.21 bits per heavy atom. The Hall–Kier alpha value is -1.88. The number of carbonyl (C=O) groups excluding carboxylic acids is 2. The predicted molar refractivity (Wildman–Crippen MR) is 73.2 cm³/mol. The van der Waals surface area contributed by atoms with Crippen LogP contribution in [0.1, 0.15) is 19.8 Å². The first-order valence-corrected chi connectivity index (χ1v) is 6.49. The van der Waals surface area contributed by atoms with E-state index in [1.165, 1.54) is 0 Å². The highest BCUT2D eigenvalue weighted by Gasteiger charge is 2.23. The van der Waals surface area contributed by atoms with Crippen molar-refractivity contribution in [2.75, 3.05) is 30.0 Å². The Morgan fingerprint density at radius 3 is 2.89 bits per heavy atom. The number of hydrogen-bond acceptors (Lipinski definition) is 3. The van der Waals surface area contributed by atoms with Crippen molar-refractivity contribution in [3.05, 3.63) is 24.3 Å². The molecule has 0 aliphatic carbocycles. The maximum Gasteiger partial charge on any atom is 0.250 e. The molecule has 0 unspecified atom stereocenters. The quantitative estimate of drug-likeness (QED) is 0.880. The molecular weight excluding hydrogens is 244 g/mol. The molecule has 1 aliphatic heterocycles. The molecule has 1 aromatic rings. The summed E-state index contributed by atoms with van der Waals surface area (Å²) in [5.41, 5.74) is 1.41. The summed E-state index contributed by atoms with van der Waals surface area (Å²) < 4.78 is 5.06. The standard InChI is InChI=1S/C14H18N2O3/c1-2-19-10-13(17)15-11-6-3-4-7-12(11)16-9-5-8-14(16)18/h3-4,6-7H,2,5,8-10H2,1H3,(H,15,17). The van der Waals surface area contributed by atoms with Gasteiger partial charge in [-0.1, -0.05) is 12.1 Å². The number of carbonyl (C=O) groups is 2. The molecule has 1 fully saturated rings. The van der Waals surface area contributed by atoms with Crippen molar-refractivity contribution in [2.45, 2.75) is 19.8 Å². The maximum atomic E-state index is 11.8. The van der Waals surface area contributed by atoms with E-state index >= 15 is 0 Å². The summed E-state index contributed by atoms with van der Waals surface area (Å²) in [6.07, 6.45) is 1.43. The fourth-order valence-electron chi connectivity index (χ4n) is 2.10. The third-order valence-electron chi connectivity index (χ3n) is 2.98. The van der Waals surface area contributed by atoms with Crippen LogP contribution in [0.5, 0.6) is 0 Å². The molecule has 5 nitrogen and oxygen atoms in total. The molecule has 1 saturated heterocycles. The van der Waals surface area contributed by atoms with Crippen LogP contribution in [0.25, 0.3) is 0 Å². The minimum Gasteiger partial charge on any atom is -0.372 e. The maximum absolute atomic E-state index is 11.8. The Kier molecular flexibility index (Phi) is 4.52. The monoisotopic (exact) mass is 262 g/mol. The van der Waals surface area contributed by atoms with Crippen molar-refractivity contribution >= 4 is 23.2 Å². The summed E-state index contributed by atoms with van der Waals surface area (Å²) in [6, 6.07) is 7.34. The molecule has 0 bridgehead atoms. The lowest BCUT2D eigenvalue weighted by Gasteiger charge is -2.19. The number of benzene rings is 1. The number of hydrogen-bond donors (Lipinski definition) is 1. The van der Waals surface area contributed by atoms with E-state index in [4.69, 9.17) is 4.74 Å². The van der Waals surface area contributed by atoms with Gasteiger partial charge < -0.3 is 15.0 Å². The third-order valence-corrected chi connectivity index (χ3v) is 2.98. The van der Waals surface area contributed by atoms with Gasteiger partial charge in [-0.3, -0.25) is 9.59 Å². The molecule has 0 atom stereocenters. The summed E-state index contributed by atoms with van der Waals surface area (Å²) in [6.45, 7) is 3.07. The van der Waals surface area contributed by atoms with Crippen molar-refractivity contribution < 1.29 is 14.3 Å². The molecule has 0 aromatic heterocycles. The largest absolute Gasteiger partial charge is 0.372 e. The molecular formula is C14H18N2O3. The molecule has 102 valence electrons. The lowest BCUT2D eigenvalue weighted by Crippen LogP contribution is -2.26. The Balaban J connectivity index is 2.12. The van der Waals surface area contributed by atoms with E-state index in [1.807, 2.05) is 25.1 Å². The summed E-state index contributed by atoms with van der Waals surface area (Å²) in [5, 5.41) is 2.78. The van der Waals surface area contributed by atoms with E-state index in [0.717, 1.165) is 12.1 Å². The molecule has 19 heavy (non-hydrogen) atoms. The number of rotatable bonds is 5. The first kappa shape index (κ1) is 13.5. The van der Waals surface area contributed by atoms with Crippen LogP contribution in [-0.4, -0.2) is 31.6 Å². The van der Waals surface area contributed by atoms with Crippen LogP contribution in [0, 0.1) is 0 Å². The minimum atomic E-state index is -0.207. The zero-order valence-corrected chi connectivity index (χ0v) is 11.0. The average molecular weight is 262 g/mol. The number of amides is 2. The topological polar surface area (TPSA) is 58.6 Å². The Morgan fingerprint density at radius 1 is 1.42 bits per heavy atom. The molecule has 5 heteroatoms. The van der Waals surface area contributed by atoms with Crippen molar-refractivity contribution in [3.63, 3.8) is 0 Å². The molecule has 2 amide bonds. The van der Waals surface area contributed by atoms with Gasteiger partial charge in [0, 0.05) is 19.6 Å². The van der Waals surface area contributed by atoms with Crippen LogP contribution in [0.15, 0.2) is 24.3 Å². The summed E-state index contributed by atoms with van der Waals surface area (Å²) in [4.78, 5) is 25.2. The molecule has 1 aromatic carbocycles. The van der Waals surface area contributed by atoms with Gasteiger partial charge in [-0.2, -0.15) is 0 Å². The van der Waals surface area contributed by atoms with E-state index in [-0.39, 0.29) is 18.4 Å². The van der Waals surface area contributed by atoms with Crippen molar-refractivity contribution in [2.24, 2.45) is 0 Å². The summed E-state index contributed by atoms with van der Waals surface area (Å²) in [7, 11) is 0. The molecule has 1 N–H and O–H groups in total. The normalized spacial score (nSPS) is 14.8. The summed E-state index contributed by atoms with van der Waals surface area (Å²) in [5.74, 6) is -0.104. The zero-order chi connectivity index (χ0) is 13.7. The highest BCUT2D eigenvalue weighted by atomic mass is 16.5. The van der Waals surface area contributed by atoms with E-state index < -0.39 is 0 Å². The average Bonchev–Trinajstić information content (AvgIpc) is 2.83. The third kappa shape index (κ3) is 3.32. The minimum absolute atomic E-state index is 0.0266. The SMILES string of the molecule is CCOCC(=O)Nc1ccccc1N1CCCC1=O. The van der Waals surface area contributed by atoms with Gasteiger partial charge in [0.2, 0.25) is 11.8 Å². The van der Waals surface area contributed by atoms with E-state index in [1.54, 1.807) is 11.0 Å². The number of ether oxygens (including phenoxy) is 1. The Labute approximate surface area is 112 Å². The molecule has 1 heterocycles. The van der Waals surface area contributed by atoms with Gasteiger partial charge in [0.25, 0.3) is 0 Å². The van der Waals surface area contributed by atoms with Gasteiger partial charge in [-0.25, -0.2) is 0 Å². The fourth-order valence-corrected chi connectivity index (χ4v) is 2.10. The molecule has 1 aliphatic rings. The number of anilines is 2. The van der Waals surface area contributed by atoms with E-state index in [2.05, 4.69) is 5.32 Å². The first-order chi connectivity index (χ1) is 9.22. The predicted octanol–water partition coefficient (Wildman–Crippen LogP) is 1.79. The second kappa shape index (κ2) is 6.33. The number of nitrogens with zero attached hydrogens (tertiary/aromatic N) is 1. The fraction of sp³-hybridized carbons (Fsp3) is 0.429. The van der Waals surface area contributed by atoms with Gasteiger partial charge in [-0.15, -0.1) is 0 Å².